The Balaban J connectivity index is 2.07. The Hall–Kier alpha value is -2.78. The number of thiophene rings is 1. The summed E-state index contributed by atoms with van der Waals surface area (Å²) in [7, 11) is 0. The van der Waals surface area contributed by atoms with E-state index in [1.54, 1.807) is 6.07 Å². The van der Waals surface area contributed by atoms with E-state index in [1.807, 2.05) is 30.3 Å². The first kappa shape index (κ1) is 29.5. The summed E-state index contributed by atoms with van der Waals surface area (Å²) in [5, 5.41) is 18.2. The molecule has 0 fully saturated rings. The van der Waals surface area contributed by atoms with Crippen molar-refractivity contribution >= 4 is 23.4 Å². The first-order valence-electron chi connectivity index (χ1n) is 13.4. The molecule has 0 unspecified atom stereocenters. The molecule has 6 heteroatoms. The summed E-state index contributed by atoms with van der Waals surface area (Å²) in [6, 6.07) is 11.5. The SMILES string of the molecule is CCCCCCCCOc1ccc(-c2ccc(C=C(C#N)C(=O)O)s2)c(OCCCCCCCC)c1. The molecular formula is C30H41NO4S. The van der Waals surface area contributed by atoms with Gasteiger partial charge in [0.2, 0.25) is 0 Å². The number of unbranched alkanes of at least 4 members (excludes halogenated alkanes) is 10. The van der Waals surface area contributed by atoms with Crippen LogP contribution in [0.3, 0.4) is 0 Å². The van der Waals surface area contributed by atoms with Crippen LogP contribution in [-0.2, 0) is 4.79 Å². The van der Waals surface area contributed by atoms with Crippen molar-refractivity contribution in [2.75, 3.05) is 13.2 Å². The van der Waals surface area contributed by atoms with Crippen molar-refractivity contribution in [3.63, 3.8) is 0 Å². The average molecular weight is 512 g/mol. The molecule has 0 aliphatic carbocycles. The summed E-state index contributed by atoms with van der Waals surface area (Å²) in [5.74, 6) is 0.363. The zero-order chi connectivity index (χ0) is 26.0. The zero-order valence-electron chi connectivity index (χ0n) is 21.9. The van der Waals surface area contributed by atoms with Crippen molar-refractivity contribution < 1.29 is 19.4 Å². The highest BCUT2D eigenvalue weighted by Gasteiger charge is 2.13. The largest absolute Gasteiger partial charge is 0.493 e. The first-order chi connectivity index (χ1) is 17.6. The Morgan fingerprint density at radius 3 is 2.11 bits per heavy atom. The molecule has 196 valence electrons. The minimum atomic E-state index is -1.22. The minimum absolute atomic E-state index is 0.276. The van der Waals surface area contributed by atoms with E-state index >= 15 is 0 Å². The van der Waals surface area contributed by atoms with Gasteiger partial charge in [-0.15, -0.1) is 11.3 Å². The molecule has 1 heterocycles. The molecule has 0 spiro atoms. The molecule has 0 bridgehead atoms. The van der Waals surface area contributed by atoms with Crippen LogP contribution in [0.15, 0.2) is 35.9 Å². The number of hydrogen-bond donors (Lipinski definition) is 1. The number of aliphatic carboxylic acids is 1. The van der Waals surface area contributed by atoms with Gasteiger partial charge in [0.15, 0.2) is 0 Å². The Bertz CT molecular complexity index is 989. The van der Waals surface area contributed by atoms with E-state index in [9.17, 15) is 4.79 Å². The number of nitriles is 1. The van der Waals surface area contributed by atoms with Crippen LogP contribution in [0.5, 0.6) is 11.5 Å². The number of hydrogen-bond acceptors (Lipinski definition) is 5. The van der Waals surface area contributed by atoms with Crippen LogP contribution in [0, 0.1) is 11.3 Å². The van der Waals surface area contributed by atoms with Crippen LogP contribution in [0.4, 0.5) is 0 Å². The highest BCUT2D eigenvalue weighted by Crippen LogP contribution is 2.38. The number of benzene rings is 1. The Morgan fingerprint density at radius 2 is 1.50 bits per heavy atom. The van der Waals surface area contributed by atoms with Crippen LogP contribution in [0.1, 0.15) is 95.8 Å². The number of nitrogens with zero attached hydrogens (tertiary/aromatic N) is 1. The lowest BCUT2D eigenvalue weighted by molar-refractivity contribution is -0.132. The quantitative estimate of drug-likeness (QED) is 0.116. The molecule has 0 saturated carbocycles. The predicted octanol–water partition coefficient (Wildman–Crippen LogP) is 8.89. The van der Waals surface area contributed by atoms with Gasteiger partial charge in [0.1, 0.15) is 23.1 Å². The second-order valence-corrected chi connectivity index (χ2v) is 10.2. The van der Waals surface area contributed by atoms with E-state index < -0.39 is 5.97 Å². The van der Waals surface area contributed by atoms with Gasteiger partial charge in [-0.2, -0.15) is 5.26 Å². The van der Waals surface area contributed by atoms with E-state index in [-0.39, 0.29) is 5.57 Å². The van der Waals surface area contributed by atoms with Crippen LogP contribution in [0.25, 0.3) is 16.5 Å². The third-order valence-corrected chi connectivity index (χ3v) is 7.07. The molecular weight excluding hydrogens is 470 g/mol. The molecule has 0 aliphatic heterocycles. The molecule has 36 heavy (non-hydrogen) atoms. The zero-order valence-corrected chi connectivity index (χ0v) is 22.7. The third-order valence-electron chi connectivity index (χ3n) is 6.00. The number of carboxylic acids is 1. The van der Waals surface area contributed by atoms with Crippen molar-refractivity contribution in [2.24, 2.45) is 0 Å². The van der Waals surface area contributed by atoms with Gasteiger partial charge in [-0.1, -0.05) is 78.1 Å². The lowest BCUT2D eigenvalue weighted by atomic mass is 10.1. The second kappa shape index (κ2) is 17.6. The Labute approximate surface area is 220 Å². The van der Waals surface area contributed by atoms with Gasteiger partial charge in [-0.05, 0) is 43.2 Å². The van der Waals surface area contributed by atoms with Crippen molar-refractivity contribution in [1.82, 2.24) is 0 Å². The lowest BCUT2D eigenvalue weighted by Crippen LogP contribution is -2.01. The van der Waals surface area contributed by atoms with Crippen molar-refractivity contribution in [1.29, 1.82) is 5.26 Å². The van der Waals surface area contributed by atoms with Crippen molar-refractivity contribution in [3.8, 4) is 28.0 Å². The van der Waals surface area contributed by atoms with Crippen molar-refractivity contribution in [3.05, 3.63) is 40.8 Å². The summed E-state index contributed by atoms with van der Waals surface area (Å²) < 4.78 is 12.3. The fraction of sp³-hybridized carbons (Fsp3) is 0.533. The van der Waals surface area contributed by atoms with E-state index in [0.29, 0.717) is 18.1 Å². The number of ether oxygens (including phenoxy) is 2. The summed E-state index contributed by atoms with van der Waals surface area (Å²) >= 11 is 1.44. The van der Waals surface area contributed by atoms with E-state index in [2.05, 4.69) is 13.8 Å². The summed E-state index contributed by atoms with van der Waals surface area (Å²) in [5.41, 5.74) is 0.674. The third kappa shape index (κ3) is 10.9. The van der Waals surface area contributed by atoms with Gasteiger partial charge in [-0.3, -0.25) is 0 Å². The van der Waals surface area contributed by atoms with E-state index in [4.69, 9.17) is 19.8 Å². The molecule has 0 radical (unpaired) electrons. The fourth-order valence-electron chi connectivity index (χ4n) is 3.91. The molecule has 1 aromatic heterocycles. The molecule has 1 aromatic carbocycles. The van der Waals surface area contributed by atoms with Gasteiger partial charge >= 0.3 is 5.97 Å². The monoisotopic (exact) mass is 511 g/mol. The summed E-state index contributed by atoms with van der Waals surface area (Å²) in [4.78, 5) is 12.9. The van der Waals surface area contributed by atoms with Crippen LogP contribution < -0.4 is 9.47 Å². The Kier molecular flexibility index (Phi) is 14.4. The number of rotatable bonds is 19. The smallest absolute Gasteiger partial charge is 0.346 e. The fourth-order valence-corrected chi connectivity index (χ4v) is 4.89. The maximum Gasteiger partial charge on any atom is 0.346 e. The van der Waals surface area contributed by atoms with Crippen LogP contribution in [-0.4, -0.2) is 24.3 Å². The molecule has 5 nitrogen and oxygen atoms in total. The van der Waals surface area contributed by atoms with Crippen molar-refractivity contribution in [2.45, 2.75) is 90.9 Å². The lowest BCUT2D eigenvalue weighted by Gasteiger charge is -2.13. The molecule has 0 saturated heterocycles. The molecule has 2 rings (SSSR count). The highest BCUT2D eigenvalue weighted by molar-refractivity contribution is 7.16. The summed E-state index contributed by atoms with van der Waals surface area (Å²) in [6.07, 6.45) is 15.9. The first-order valence-corrected chi connectivity index (χ1v) is 14.3. The molecule has 1 N–H and O–H groups in total. The molecule has 0 aliphatic rings. The summed E-state index contributed by atoms with van der Waals surface area (Å²) in [6.45, 7) is 5.80. The van der Waals surface area contributed by atoms with Gasteiger partial charge in [-0.25, -0.2) is 4.79 Å². The Morgan fingerprint density at radius 1 is 0.889 bits per heavy atom. The van der Waals surface area contributed by atoms with Gasteiger partial charge in [0.05, 0.1) is 13.2 Å². The number of carbonyl (C=O) groups is 1. The van der Waals surface area contributed by atoms with Gasteiger partial charge in [0, 0.05) is 21.4 Å². The van der Waals surface area contributed by atoms with Gasteiger partial charge in [0.25, 0.3) is 0 Å². The molecule has 0 amide bonds. The maximum absolute atomic E-state index is 11.2. The van der Waals surface area contributed by atoms with Gasteiger partial charge < -0.3 is 14.6 Å². The number of carboxylic acid groups (broad SMARTS) is 1. The predicted molar refractivity (Wildman–Crippen MR) is 149 cm³/mol. The van der Waals surface area contributed by atoms with E-state index in [1.165, 1.54) is 75.2 Å². The van der Waals surface area contributed by atoms with E-state index in [0.717, 1.165) is 41.2 Å². The topological polar surface area (TPSA) is 79.5 Å². The maximum atomic E-state index is 11.2. The average Bonchev–Trinajstić information content (AvgIpc) is 3.34. The molecule has 0 atom stereocenters. The molecule has 2 aromatic rings. The minimum Gasteiger partial charge on any atom is -0.493 e. The van der Waals surface area contributed by atoms with Crippen LogP contribution in [0.2, 0.25) is 0 Å². The highest BCUT2D eigenvalue weighted by atomic mass is 32.1. The standard InChI is InChI=1S/C30H41NO4S/c1-3-5-7-9-11-13-19-34-25-15-17-27(28(22-25)35-20-14-12-10-8-6-4-2)29-18-16-26(36-29)21-24(23-31)30(32)33/h15-18,21-22H,3-14,19-20H2,1-2H3,(H,32,33). The normalized spacial score (nSPS) is 11.3. The second-order valence-electron chi connectivity index (χ2n) is 9.07. The van der Waals surface area contributed by atoms with Crippen LogP contribution >= 0.6 is 11.3 Å².